The summed E-state index contributed by atoms with van der Waals surface area (Å²) < 4.78 is 43.7. The van der Waals surface area contributed by atoms with Gasteiger partial charge in [0.2, 0.25) is 0 Å². The van der Waals surface area contributed by atoms with Gasteiger partial charge in [0, 0.05) is 12.6 Å². The highest BCUT2D eigenvalue weighted by molar-refractivity contribution is 6.32. The van der Waals surface area contributed by atoms with Gasteiger partial charge in [-0.05, 0) is 19.9 Å². The minimum Gasteiger partial charge on any atom is -0.387 e. The first kappa shape index (κ1) is 24.2. The van der Waals surface area contributed by atoms with E-state index in [2.05, 4.69) is 30.6 Å². The molecule has 36 heavy (non-hydrogen) atoms. The summed E-state index contributed by atoms with van der Waals surface area (Å²) in [6, 6.07) is 1.82. The molecule has 1 unspecified atom stereocenters. The van der Waals surface area contributed by atoms with Crippen molar-refractivity contribution in [2.45, 2.75) is 31.5 Å². The number of fused-ring (bicyclic) bond motifs is 3. The van der Waals surface area contributed by atoms with Crippen LogP contribution in [-0.2, 0) is 5.41 Å². The van der Waals surface area contributed by atoms with Crippen molar-refractivity contribution in [2.75, 3.05) is 16.8 Å². The number of rotatable bonds is 3. The van der Waals surface area contributed by atoms with Crippen LogP contribution in [0.2, 0.25) is 10.2 Å². The lowest BCUT2D eigenvalue weighted by molar-refractivity contribution is -0.181. The zero-order chi connectivity index (χ0) is 26.0. The van der Waals surface area contributed by atoms with E-state index in [1.165, 1.54) is 37.6 Å². The highest BCUT2D eigenvalue weighted by Crippen LogP contribution is 2.50. The topological polar surface area (TPSA) is 126 Å². The van der Waals surface area contributed by atoms with Crippen molar-refractivity contribution in [2.24, 2.45) is 0 Å². The Balaban J connectivity index is 1.47. The highest BCUT2D eigenvalue weighted by Gasteiger charge is 2.60. The number of nitrogens with one attached hydrogen (secondary N) is 1. The van der Waals surface area contributed by atoms with Crippen LogP contribution in [0.3, 0.4) is 0 Å². The fourth-order valence-electron chi connectivity index (χ4n) is 3.90. The third kappa shape index (κ3) is 3.81. The number of carbonyl (C=O) groups is 1. The predicted octanol–water partition coefficient (Wildman–Crippen LogP) is 3.94. The Bertz CT molecular complexity index is 1500. The van der Waals surface area contributed by atoms with Gasteiger partial charge in [-0.2, -0.15) is 23.4 Å². The van der Waals surface area contributed by atoms with Crippen LogP contribution in [0.1, 0.15) is 31.3 Å². The van der Waals surface area contributed by atoms with Crippen molar-refractivity contribution in [3.63, 3.8) is 0 Å². The molecule has 5 heterocycles. The summed E-state index contributed by atoms with van der Waals surface area (Å²) in [5, 5.41) is 24.1. The number of pyridine rings is 1. The van der Waals surface area contributed by atoms with Crippen molar-refractivity contribution < 1.29 is 23.1 Å². The van der Waals surface area contributed by atoms with Gasteiger partial charge in [0.05, 0.1) is 46.8 Å². The molecule has 2 N–H and O–H groups in total. The average molecular weight is 542 g/mol. The Kier molecular flexibility index (Phi) is 5.57. The van der Waals surface area contributed by atoms with Gasteiger partial charge in [0.15, 0.2) is 16.6 Å². The quantitative estimate of drug-likeness (QED) is 0.402. The number of hydrogen-bond donors (Lipinski definition) is 2. The standard InChI is InChI=1S/C20H16Cl2F3N9O2/c1-9(35)12-6-28-34(30-12)17-11(21)3-10(5-27-17)29-18(36)32-8-19(2,20(23,24)25)16-13(32)7-26-15-4-14(22)31-33(15)16/h3-7,9,35H,8H2,1-2H3,(H,29,36)/t9?,19-/m1/s1. The van der Waals surface area contributed by atoms with Crippen LogP contribution < -0.4 is 10.2 Å². The second-order valence-electron chi connectivity index (χ2n) is 8.34. The lowest BCUT2D eigenvalue weighted by Gasteiger charge is -2.28. The number of halogens is 5. The summed E-state index contributed by atoms with van der Waals surface area (Å²) in [6.07, 6.45) is -1.79. The molecule has 0 radical (unpaired) electrons. The van der Waals surface area contributed by atoms with E-state index in [0.29, 0.717) is 5.69 Å². The van der Waals surface area contributed by atoms with Gasteiger partial charge in [-0.15, -0.1) is 9.90 Å². The molecule has 0 bridgehead atoms. The Labute approximate surface area is 210 Å². The van der Waals surface area contributed by atoms with Crippen LogP contribution in [0.25, 0.3) is 11.5 Å². The number of aliphatic hydroxyl groups is 1. The zero-order valence-electron chi connectivity index (χ0n) is 18.5. The fraction of sp³-hybridized carbons (Fsp3) is 0.300. The van der Waals surface area contributed by atoms with E-state index >= 15 is 0 Å². The van der Waals surface area contributed by atoms with Crippen molar-refractivity contribution >= 4 is 46.3 Å². The molecule has 0 saturated carbocycles. The summed E-state index contributed by atoms with van der Waals surface area (Å²) in [6.45, 7) is 1.79. The molecule has 2 amide bonds. The largest absolute Gasteiger partial charge is 0.401 e. The summed E-state index contributed by atoms with van der Waals surface area (Å²) in [4.78, 5) is 23.4. The number of hydrogen-bond acceptors (Lipinski definition) is 7. The predicted molar refractivity (Wildman–Crippen MR) is 123 cm³/mol. The minimum atomic E-state index is -4.71. The number of carbonyl (C=O) groups excluding carboxylic acids is 1. The molecule has 0 aliphatic carbocycles. The lowest BCUT2D eigenvalue weighted by Crippen LogP contribution is -2.46. The van der Waals surface area contributed by atoms with Crippen LogP contribution in [0.4, 0.5) is 29.3 Å². The maximum absolute atomic E-state index is 14.2. The molecule has 0 aromatic carbocycles. The molecule has 11 nitrogen and oxygen atoms in total. The molecular weight excluding hydrogens is 526 g/mol. The van der Waals surface area contributed by atoms with Crippen LogP contribution in [0, 0.1) is 0 Å². The first-order chi connectivity index (χ1) is 16.9. The van der Waals surface area contributed by atoms with Crippen molar-refractivity contribution in [1.29, 1.82) is 0 Å². The number of anilines is 2. The zero-order valence-corrected chi connectivity index (χ0v) is 20.0. The second kappa shape index (κ2) is 8.28. The molecule has 0 spiro atoms. The molecule has 5 rings (SSSR count). The Hall–Kier alpha value is -3.49. The van der Waals surface area contributed by atoms with E-state index in [-0.39, 0.29) is 38.7 Å². The molecule has 0 saturated heterocycles. The Morgan fingerprint density at radius 1 is 1.19 bits per heavy atom. The number of aliphatic hydroxyl groups excluding tert-OH is 1. The third-order valence-electron chi connectivity index (χ3n) is 5.79. The maximum atomic E-state index is 14.2. The molecular formula is C20H16Cl2F3N9O2. The number of alkyl halides is 3. The summed E-state index contributed by atoms with van der Waals surface area (Å²) in [5.41, 5.74) is -2.23. The second-order valence-corrected chi connectivity index (χ2v) is 9.13. The molecule has 4 aromatic heterocycles. The first-order valence-electron chi connectivity index (χ1n) is 10.4. The van der Waals surface area contributed by atoms with Crippen LogP contribution in [0.15, 0.2) is 30.7 Å². The van der Waals surface area contributed by atoms with Crippen molar-refractivity contribution in [3.8, 4) is 5.82 Å². The molecule has 188 valence electrons. The van der Waals surface area contributed by atoms with Gasteiger partial charge in [-0.3, -0.25) is 4.90 Å². The van der Waals surface area contributed by atoms with Gasteiger partial charge >= 0.3 is 12.2 Å². The van der Waals surface area contributed by atoms with Gasteiger partial charge in [-0.25, -0.2) is 19.3 Å². The van der Waals surface area contributed by atoms with Gasteiger partial charge in [-0.1, -0.05) is 23.2 Å². The number of amides is 2. The third-order valence-corrected chi connectivity index (χ3v) is 6.26. The van der Waals surface area contributed by atoms with Crippen LogP contribution in [-0.4, -0.2) is 58.4 Å². The normalized spacial score (nSPS) is 18.5. The van der Waals surface area contributed by atoms with Crippen molar-refractivity contribution in [3.05, 3.63) is 52.3 Å². The van der Waals surface area contributed by atoms with Gasteiger partial charge in [0.1, 0.15) is 11.1 Å². The van der Waals surface area contributed by atoms with E-state index < -0.39 is 30.3 Å². The molecule has 1 aliphatic rings. The Morgan fingerprint density at radius 2 is 1.94 bits per heavy atom. The molecule has 1 aliphatic heterocycles. The van der Waals surface area contributed by atoms with E-state index in [9.17, 15) is 23.1 Å². The Morgan fingerprint density at radius 3 is 2.58 bits per heavy atom. The number of urea groups is 1. The molecule has 4 aromatic rings. The van der Waals surface area contributed by atoms with Crippen LogP contribution in [0.5, 0.6) is 0 Å². The lowest BCUT2D eigenvalue weighted by atomic mass is 9.88. The van der Waals surface area contributed by atoms with Gasteiger partial charge in [0.25, 0.3) is 0 Å². The van der Waals surface area contributed by atoms with Gasteiger partial charge < -0.3 is 10.4 Å². The molecule has 16 heteroatoms. The van der Waals surface area contributed by atoms with Crippen LogP contribution >= 0.6 is 23.2 Å². The first-order valence-corrected chi connectivity index (χ1v) is 11.1. The van der Waals surface area contributed by atoms with E-state index in [1.54, 1.807) is 0 Å². The number of nitrogens with zero attached hydrogens (tertiary/aromatic N) is 8. The van der Waals surface area contributed by atoms with E-state index in [0.717, 1.165) is 21.1 Å². The van der Waals surface area contributed by atoms with E-state index in [1.807, 2.05) is 0 Å². The average Bonchev–Trinajstić information content (AvgIpc) is 3.49. The summed E-state index contributed by atoms with van der Waals surface area (Å²) >= 11 is 12.2. The fourth-order valence-corrected chi connectivity index (χ4v) is 4.31. The summed E-state index contributed by atoms with van der Waals surface area (Å²) in [5.74, 6) is 0.125. The molecule has 2 atom stereocenters. The highest BCUT2D eigenvalue weighted by atomic mass is 35.5. The van der Waals surface area contributed by atoms with E-state index in [4.69, 9.17) is 23.2 Å². The smallest absolute Gasteiger partial charge is 0.387 e. The molecule has 0 fully saturated rings. The maximum Gasteiger partial charge on any atom is 0.401 e. The minimum absolute atomic E-state index is 0.0311. The SMILES string of the molecule is CC(O)c1cnn(-c2ncc(NC(=O)N3C[C@@](C)(C(F)(F)F)c4c3cnc3cc(Cl)nn43)cc2Cl)n1. The number of aromatic nitrogens is 7. The van der Waals surface area contributed by atoms with Crippen molar-refractivity contribution in [1.82, 2.24) is 34.6 Å². The summed E-state index contributed by atoms with van der Waals surface area (Å²) in [7, 11) is 0. The monoisotopic (exact) mass is 541 g/mol.